The van der Waals surface area contributed by atoms with E-state index in [0.29, 0.717) is 4.77 Å². The van der Waals surface area contributed by atoms with Gasteiger partial charge in [-0.15, -0.1) is 0 Å². The Morgan fingerprint density at radius 3 is 2.35 bits per heavy atom. The summed E-state index contributed by atoms with van der Waals surface area (Å²) >= 11 is 5.31. The Labute approximate surface area is 121 Å². The number of hydrogen-bond acceptors (Lipinski definition) is 3. The van der Waals surface area contributed by atoms with Gasteiger partial charge in [0.2, 0.25) is 0 Å². The molecule has 0 aliphatic heterocycles. The molecular formula is C15H13N3OS. The maximum atomic E-state index is 9.37. The summed E-state index contributed by atoms with van der Waals surface area (Å²) in [7, 11) is 0. The minimum atomic E-state index is 0.227. The van der Waals surface area contributed by atoms with Crippen molar-refractivity contribution in [1.82, 2.24) is 14.8 Å². The third-order valence-electron chi connectivity index (χ3n) is 3.09. The summed E-state index contributed by atoms with van der Waals surface area (Å²) in [5.41, 5.74) is 3.03. The number of H-pyrrole nitrogens is 1. The van der Waals surface area contributed by atoms with Gasteiger partial charge in [-0.05, 0) is 55.5 Å². The van der Waals surface area contributed by atoms with Crippen molar-refractivity contribution in [2.45, 2.75) is 6.92 Å². The van der Waals surface area contributed by atoms with Gasteiger partial charge in [0.05, 0.1) is 0 Å². The number of nitrogens with zero attached hydrogens (tertiary/aromatic N) is 2. The molecule has 2 N–H and O–H groups in total. The summed E-state index contributed by atoms with van der Waals surface area (Å²) in [6.07, 6.45) is 0. The first kappa shape index (κ1) is 12.6. The molecule has 0 radical (unpaired) electrons. The van der Waals surface area contributed by atoms with Gasteiger partial charge in [0.1, 0.15) is 5.75 Å². The van der Waals surface area contributed by atoms with Gasteiger partial charge in [0, 0.05) is 11.3 Å². The van der Waals surface area contributed by atoms with Gasteiger partial charge < -0.3 is 5.11 Å². The zero-order chi connectivity index (χ0) is 14.1. The predicted molar refractivity (Wildman–Crippen MR) is 80.6 cm³/mol. The average Bonchev–Trinajstić information content (AvgIpc) is 2.83. The summed E-state index contributed by atoms with van der Waals surface area (Å²) in [5.74, 6) is 0.948. The Hall–Kier alpha value is -2.40. The molecule has 0 bridgehead atoms. The predicted octanol–water partition coefficient (Wildman–Crippen LogP) is 3.61. The highest BCUT2D eigenvalue weighted by Gasteiger charge is 2.10. The maximum Gasteiger partial charge on any atom is 0.200 e. The second kappa shape index (κ2) is 4.94. The highest BCUT2D eigenvalue weighted by atomic mass is 32.1. The first-order valence-electron chi connectivity index (χ1n) is 6.19. The Kier molecular flexibility index (Phi) is 3.12. The lowest BCUT2D eigenvalue weighted by Crippen LogP contribution is -1.97. The summed E-state index contributed by atoms with van der Waals surface area (Å²) < 4.78 is 2.41. The van der Waals surface area contributed by atoms with Crippen molar-refractivity contribution in [1.29, 1.82) is 0 Å². The van der Waals surface area contributed by atoms with Gasteiger partial charge >= 0.3 is 0 Å². The van der Waals surface area contributed by atoms with Crippen LogP contribution in [0.25, 0.3) is 17.1 Å². The zero-order valence-corrected chi connectivity index (χ0v) is 11.7. The first-order valence-corrected chi connectivity index (χ1v) is 6.60. The number of rotatable bonds is 2. The molecule has 0 saturated carbocycles. The van der Waals surface area contributed by atoms with Crippen molar-refractivity contribution in [3.8, 4) is 22.8 Å². The molecule has 0 aliphatic rings. The van der Waals surface area contributed by atoms with E-state index in [-0.39, 0.29) is 5.75 Å². The highest BCUT2D eigenvalue weighted by Crippen LogP contribution is 2.23. The summed E-state index contributed by atoms with van der Waals surface area (Å²) in [5, 5.41) is 16.5. The Morgan fingerprint density at radius 2 is 1.70 bits per heavy atom. The number of aryl methyl sites for hydroxylation is 1. The molecule has 0 amide bonds. The Bertz CT molecular complexity index is 785. The molecule has 0 aliphatic carbocycles. The summed E-state index contributed by atoms with van der Waals surface area (Å²) in [4.78, 5) is 0. The van der Waals surface area contributed by atoms with E-state index in [1.54, 1.807) is 12.1 Å². The lowest BCUT2D eigenvalue weighted by molar-refractivity contribution is 0.475. The van der Waals surface area contributed by atoms with E-state index in [1.165, 1.54) is 5.56 Å². The smallest absolute Gasteiger partial charge is 0.200 e. The van der Waals surface area contributed by atoms with E-state index in [2.05, 4.69) is 10.2 Å². The second-order valence-electron chi connectivity index (χ2n) is 4.57. The van der Waals surface area contributed by atoms with Gasteiger partial charge in [0.15, 0.2) is 10.6 Å². The van der Waals surface area contributed by atoms with Crippen molar-refractivity contribution < 1.29 is 5.11 Å². The Morgan fingerprint density at radius 1 is 1.05 bits per heavy atom. The van der Waals surface area contributed by atoms with Gasteiger partial charge in [-0.3, -0.25) is 9.67 Å². The zero-order valence-electron chi connectivity index (χ0n) is 10.9. The van der Waals surface area contributed by atoms with E-state index < -0.39 is 0 Å². The molecule has 4 nitrogen and oxygen atoms in total. The lowest BCUT2D eigenvalue weighted by Gasteiger charge is -2.07. The number of phenolic OH excluding ortho intramolecular Hbond substituents is 1. The van der Waals surface area contributed by atoms with Crippen molar-refractivity contribution in [3.63, 3.8) is 0 Å². The summed E-state index contributed by atoms with van der Waals surface area (Å²) in [6, 6.07) is 15.0. The molecule has 5 heteroatoms. The molecule has 3 aromatic rings. The van der Waals surface area contributed by atoms with Crippen molar-refractivity contribution in [3.05, 3.63) is 58.9 Å². The topological polar surface area (TPSA) is 53.8 Å². The molecule has 20 heavy (non-hydrogen) atoms. The number of aromatic amines is 1. The van der Waals surface area contributed by atoms with E-state index in [9.17, 15) is 5.11 Å². The van der Waals surface area contributed by atoms with Crippen LogP contribution in [-0.4, -0.2) is 19.9 Å². The fourth-order valence-electron chi connectivity index (χ4n) is 2.03. The number of nitrogens with one attached hydrogen (secondary N) is 1. The quantitative estimate of drug-likeness (QED) is 0.706. The number of aromatic nitrogens is 3. The SMILES string of the molecule is Cc1ccc(-n2c(-c3ccc(O)cc3)n[nH]c2=S)cc1. The van der Waals surface area contributed by atoms with Crippen LogP contribution in [0.3, 0.4) is 0 Å². The van der Waals surface area contributed by atoms with E-state index in [0.717, 1.165) is 17.1 Å². The molecule has 1 heterocycles. The fraction of sp³-hybridized carbons (Fsp3) is 0.0667. The van der Waals surface area contributed by atoms with Crippen LogP contribution in [0.1, 0.15) is 5.56 Å². The lowest BCUT2D eigenvalue weighted by atomic mass is 10.2. The Balaban J connectivity index is 2.17. The van der Waals surface area contributed by atoms with Crippen LogP contribution in [0.2, 0.25) is 0 Å². The average molecular weight is 283 g/mol. The molecule has 0 atom stereocenters. The molecule has 0 fully saturated rings. The number of phenols is 1. The van der Waals surface area contributed by atoms with Crippen LogP contribution in [0.4, 0.5) is 0 Å². The van der Waals surface area contributed by atoms with E-state index in [1.807, 2.05) is 47.9 Å². The maximum absolute atomic E-state index is 9.37. The van der Waals surface area contributed by atoms with Crippen LogP contribution < -0.4 is 0 Å². The molecule has 0 saturated heterocycles. The number of benzene rings is 2. The van der Waals surface area contributed by atoms with Crippen LogP contribution in [0.15, 0.2) is 48.5 Å². The first-order chi connectivity index (χ1) is 9.65. The second-order valence-corrected chi connectivity index (χ2v) is 4.96. The molecule has 0 unspecified atom stereocenters. The van der Waals surface area contributed by atoms with Crippen LogP contribution >= 0.6 is 12.2 Å². The third kappa shape index (κ3) is 2.23. The van der Waals surface area contributed by atoms with E-state index in [4.69, 9.17) is 12.2 Å². The monoisotopic (exact) mass is 283 g/mol. The minimum Gasteiger partial charge on any atom is -0.508 e. The van der Waals surface area contributed by atoms with Crippen LogP contribution in [-0.2, 0) is 0 Å². The molecule has 0 spiro atoms. The molecular weight excluding hydrogens is 270 g/mol. The fourth-order valence-corrected chi connectivity index (χ4v) is 2.27. The molecule has 1 aromatic heterocycles. The van der Waals surface area contributed by atoms with E-state index >= 15 is 0 Å². The molecule has 100 valence electrons. The van der Waals surface area contributed by atoms with Gasteiger partial charge in [-0.2, -0.15) is 5.10 Å². The minimum absolute atomic E-state index is 0.227. The van der Waals surface area contributed by atoms with Crippen molar-refractivity contribution in [2.24, 2.45) is 0 Å². The number of hydrogen-bond donors (Lipinski definition) is 2. The molecule has 3 rings (SSSR count). The molecule has 2 aromatic carbocycles. The van der Waals surface area contributed by atoms with Crippen LogP contribution in [0, 0.1) is 11.7 Å². The van der Waals surface area contributed by atoms with Crippen molar-refractivity contribution >= 4 is 12.2 Å². The largest absolute Gasteiger partial charge is 0.508 e. The normalized spacial score (nSPS) is 10.7. The van der Waals surface area contributed by atoms with Gasteiger partial charge in [-0.25, -0.2) is 0 Å². The van der Waals surface area contributed by atoms with Crippen LogP contribution in [0.5, 0.6) is 5.75 Å². The van der Waals surface area contributed by atoms with Crippen molar-refractivity contribution in [2.75, 3.05) is 0 Å². The van der Waals surface area contributed by atoms with Gasteiger partial charge in [0.25, 0.3) is 0 Å². The summed E-state index contributed by atoms with van der Waals surface area (Å²) in [6.45, 7) is 2.04. The highest BCUT2D eigenvalue weighted by molar-refractivity contribution is 7.71. The number of aromatic hydroxyl groups is 1. The standard InChI is InChI=1S/C15H13N3OS/c1-10-2-6-12(7-3-10)18-14(16-17-15(18)20)11-4-8-13(19)9-5-11/h2-9,19H,1H3,(H,17,20). The van der Waals surface area contributed by atoms with Gasteiger partial charge in [-0.1, -0.05) is 17.7 Å². The third-order valence-corrected chi connectivity index (χ3v) is 3.36.